The highest BCUT2D eigenvalue weighted by Crippen LogP contribution is 2.23. The Kier molecular flexibility index (Phi) is 3.00. The van der Waals surface area contributed by atoms with Crippen LogP contribution in [0.15, 0.2) is 29.6 Å². The Labute approximate surface area is 115 Å². The number of hydrogen-bond donors (Lipinski definition) is 2. The Hall–Kier alpha value is -1.85. The van der Waals surface area contributed by atoms with E-state index < -0.39 is 0 Å². The average Bonchev–Trinajstić information content (AvgIpc) is 2.94. The van der Waals surface area contributed by atoms with E-state index in [1.54, 1.807) is 11.3 Å². The summed E-state index contributed by atoms with van der Waals surface area (Å²) in [6.07, 6.45) is 0. The second kappa shape index (κ2) is 4.68. The number of anilines is 1. The molecule has 5 heteroatoms. The number of aliphatic hydroxyl groups is 1. The normalized spacial score (nSPS) is 11.3. The molecule has 0 aliphatic rings. The van der Waals surface area contributed by atoms with E-state index in [1.807, 2.05) is 22.8 Å². The smallest absolute Gasteiger partial charge is 0.136 e. The van der Waals surface area contributed by atoms with Crippen molar-refractivity contribution in [3.05, 3.63) is 45.9 Å². The third kappa shape index (κ3) is 2.11. The van der Waals surface area contributed by atoms with Crippen LogP contribution >= 0.6 is 11.3 Å². The monoisotopic (exact) mass is 273 g/mol. The Morgan fingerprint density at radius 1 is 1.37 bits per heavy atom. The number of thiophene rings is 1. The molecule has 98 valence electrons. The summed E-state index contributed by atoms with van der Waals surface area (Å²) in [5, 5.41) is 11.6. The molecule has 0 unspecified atom stereocenters. The lowest BCUT2D eigenvalue weighted by Gasteiger charge is -2.07. The number of rotatable bonds is 3. The van der Waals surface area contributed by atoms with Crippen LogP contribution < -0.4 is 5.73 Å². The summed E-state index contributed by atoms with van der Waals surface area (Å²) in [4.78, 5) is 5.72. The number of aryl methyl sites for hydroxylation is 1. The molecule has 3 aromatic rings. The second-order valence-electron chi connectivity index (χ2n) is 4.55. The molecule has 1 aromatic carbocycles. The molecule has 19 heavy (non-hydrogen) atoms. The van der Waals surface area contributed by atoms with Crippen molar-refractivity contribution < 1.29 is 5.11 Å². The number of benzene rings is 1. The van der Waals surface area contributed by atoms with Gasteiger partial charge in [0.2, 0.25) is 0 Å². The first kappa shape index (κ1) is 12.2. The molecule has 0 fully saturated rings. The van der Waals surface area contributed by atoms with Gasteiger partial charge >= 0.3 is 0 Å². The van der Waals surface area contributed by atoms with Gasteiger partial charge in [-0.25, -0.2) is 4.98 Å². The molecule has 4 nitrogen and oxygen atoms in total. The van der Waals surface area contributed by atoms with Crippen LogP contribution in [0.2, 0.25) is 0 Å². The molecular formula is C14H15N3OS. The topological polar surface area (TPSA) is 64.1 Å². The van der Waals surface area contributed by atoms with Crippen LogP contribution in [0.3, 0.4) is 0 Å². The molecule has 3 rings (SSSR count). The molecule has 0 aliphatic heterocycles. The fraction of sp³-hybridized carbons (Fsp3) is 0.214. The molecule has 0 saturated heterocycles. The lowest BCUT2D eigenvalue weighted by molar-refractivity contribution is 0.267. The quantitative estimate of drug-likeness (QED) is 0.721. The zero-order chi connectivity index (χ0) is 13.4. The standard InChI is InChI=1S/C14H15N3OS/c1-9-4-5-19-13(9)7-17-12-3-2-10(15)6-11(12)16-14(17)8-18/h2-6,18H,7-8,15H2,1H3. The van der Waals surface area contributed by atoms with Crippen LogP contribution in [0.4, 0.5) is 5.69 Å². The summed E-state index contributed by atoms with van der Waals surface area (Å²) in [7, 11) is 0. The van der Waals surface area contributed by atoms with Crippen LogP contribution in [-0.4, -0.2) is 14.7 Å². The van der Waals surface area contributed by atoms with E-state index in [4.69, 9.17) is 5.73 Å². The summed E-state index contributed by atoms with van der Waals surface area (Å²) >= 11 is 1.72. The first-order chi connectivity index (χ1) is 9.19. The highest BCUT2D eigenvalue weighted by atomic mass is 32.1. The van der Waals surface area contributed by atoms with Crippen LogP contribution in [0.1, 0.15) is 16.3 Å². The van der Waals surface area contributed by atoms with E-state index in [0.29, 0.717) is 11.5 Å². The number of nitrogens with zero attached hydrogens (tertiary/aromatic N) is 2. The third-order valence-electron chi connectivity index (χ3n) is 3.26. The van der Waals surface area contributed by atoms with Crippen molar-refractivity contribution in [2.45, 2.75) is 20.1 Å². The SMILES string of the molecule is Cc1ccsc1Cn1c(CO)nc2cc(N)ccc21. The molecule has 0 aliphatic carbocycles. The molecule has 0 bridgehead atoms. The fourth-order valence-corrected chi connectivity index (χ4v) is 3.10. The van der Waals surface area contributed by atoms with Gasteiger partial charge in [-0.3, -0.25) is 0 Å². The van der Waals surface area contributed by atoms with E-state index in [0.717, 1.165) is 17.6 Å². The van der Waals surface area contributed by atoms with Gasteiger partial charge in [0.15, 0.2) is 0 Å². The van der Waals surface area contributed by atoms with Gasteiger partial charge in [0.05, 0.1) is 17.6 Å². The van der Waals surface area contributed by atoms with Crippen molar-refractivity contribution in [3.8, 4) is 0 Å². The average molecular weight is 273 g/mol. The van der Waals surface area contributed by atoms with E-state index in [1.165, 1.54) is 10.4 Å². The van der Waals surface area contributed by atoms with Gasteiger partial charge in [-0.2, -0.15) is 0 Å². The van der Waals surface area contributed by atoms with Gasteiger partial charge in [0, 0.05) is 10.6 Å². The first-order valence-corrected chi connectivity index (χ1v) is 6.95. The minimum absolute atomic E-state index is 0.0704. The zero-order valence-electron chi connectivity index (χ0n) is 10.6. The number of aliphatic hydroxyl groups excluding tert-OH is 1. The molecule has 3 N–H and O–H groups in total. The number of aromatic nitrogens is 2. The number of imidazole rings is 1. The number of fused-ring (bicyclic) bond motifs is 1. The summed E-state index contributed by atoms with van der Waals surface area (Å²) < 4.78 is 2.05. The van der Waals surface area contributed by atoms with Crippen molar-refractivity contribution in [1.82, 2.24) is 9.55 Å². The van der Waals surface area contributed by atoms with Gasteiger partial charge in [-0.15, -0.1) is 11.3 Å². The predicted molar refractivity (Wildman–Crippen MR) is 78.2 cm³/mol. The van der Waals surface area contributed by atoms with Gasteiger partial charge in [0.1, 0.15) is 12.4 Å². The molecule has 2 aromatic heterocycles. The Morgan fingerprint density at radius 2 is 2.21 bits per heavy atom. The number of hydrogen-bond acceptors (Lipinski definition) is 4. The first-order valence-electron chi connectivity index (χ1n) is 6.07. The van der Waals surface area contributed by atoms with Gasteiger partial charge in [-0.05, 0) is 42.1 Å². The van der Waals surface area contributed by atoms with Crippen molar-refractivity contribution in [3.63, 3.8) is 0 Å². The molecule has 0 radical (unpaired) electrons. The zero-order valence-corrected chi connectivity index (χ0v) is 11.4. The van der Waals surface area contributed by atoms with Crippen molar-refractivity contribution in [1.29, 1.82) is 0 Å². The van der Waals surface area contributed by atoms with Crippen molar-refractivity contribution >= 4 is 28.1 Å². The Morgan fingerprint density at radius 3 is 2.89 bits per heavy atom. The summed E-state index contributed by atoms with van der Waals surface area (Å²) in [6.45, 7) is 2.76. The van der Waals surface area contributed by atoms with Gasteiger partial charge in [-0.1, -0.05) is 0 Å². The molecule has 0 amide bonds. The predicted octanol–water partition coefficient (Wildman–Crippen LogP) is 2.53. The van der Waals surface area contributed by atoms with Crippen LogP contribution in [0.25, 0.3) is 11.0 Å². The lowest BCUT2D eigenvalue weighted by Crippen LogP contribution is -2.04. The number of nitrogens with two attached hydrogens (primary N) is 1. The molecule has 2 heterocycles. The maximum atomic E-state index is 9.48. The highest BCUT2D eigenvalue weighted by molar-refractivity contribution is 7.10. The largest absolute Gasteiger partial charge is 0.399 e. The maximum Gasteiger partial charge on any atom is 0.136 e. The fourth-order valence-electron chi connectivity index (χ4n) is 2.20. The maximum absolute atomic E-state index is 9.48. The van der Waals surface area contributed by atoms with Crippen molar-refractivity contribution in [2.24, 2.45) is 0 Å². The lowest BCUT2D eigenvalue weighted by atomic mass is 10.2. The molecular weight excluding hydrogens is 258 g/mol. The van der Waals surface area contributed by atoms with E-state index in [9.17, 15) is 5.11 Å². The third-order valence-corrected chi connectivity index (χ3v) is 4.27. The van der Waals surface area contributed by atoms with E-state index >= 15 is 0 Å². The highest BCUT2D eigenvalue weighted by Gasteiger charge is 2.12. The van der Waals surface area contributed by atoms with Crippen LogP contribution in [0.5, 0.6) is 0 Å². The Bertz CT molecular complexity index is 729. The van der Waals surface area contributed by atoms with Gasteiger partial charge < -0.3 is 15.4 Å². The summed E-state index contributed by atoms with van der Waals surface area (Å²) in [5.74, 6) is 0.674. The Balaban J connectivity index is 2.13. The minimum Gasteiger partial charge on any atom is -0.399 e. The minimum atomic E-state index is -0.0704. The summed E-state index contributed by atoms with van der Waals surface area (Å²) in [6, 6.07) is 7.77. The second-order valence-corrected chi connectivity index (χ2v) is 5.55. The number of nitrogen functional groups attached to an aromatic ring is 1. The molecule has 0 spiro atoms. The van der Waals surface area contributed by atoms with Gasteiger partial charge in [0.25, 0.3) is 0 Å². The van der Waals surface area contributed by atoms with Crippen molar-refractivity contribution in [2.75, 3.05) is 5.73 Å². The van der Waals surface area contributed by atoms with Crippen LogP contribution in [-0.2, 0) is 13.2 Å². The van der Waals surface area contributed by atoms with E-state index in [2.05, 4.69) is 23.4 Å². The van der Waals surface area contributed by atoms with E-state index in [-0.39, 0.29) is 6.61 Å². The molecule has 0 saturated carbocycles. The van der Waals surface area contributed by atoms with Crippen LogP contribution in [0, 0.1) is 6.92 Å². The summed E-state index contributed by atoms with van der Waals surface area (Å²) in [5.41, 5.74) is 9.57. The molecule has 0 atom stereocenters.